The van der Waals surface area contributed by atoms with Crippen LogP contribution in [0.3, 0.4) is 0 Å². The Morgan fingerprint density at radius 3 is 2.66 bits per heavy atom. The lowest BCUT2D eigenvalue weighted by molar-refractivity contribution is 0.0862. The van der Waals surface area contributed by atoms with E-state index in [4.69, 9.17) is 0 Å². The average Bonchev–Trinajstić information content (AvgIpc) is 3.42. The zero-order valence-corrected chi connectivity index (χ0v) is 24.5. The highest BCUT2D eigenvalue weighted by atomic mass is 32.1. The molecule has 208 valence electrons. The Hall–Kier alpha value is -1.46. The van der Waals surface area contributed by atoms with Crippen LogP contribution in [0.25, 0.3) is 0 Å². The van der Waals surface area contributed by atoms with Crippen molar-refractivity contribution in [1.29, 1.82) is 0 Å². The topological polar surface area (TPSA) is 60.7 Å². The van der Waals surface area contributed by atoms with Crippen LogP contribution in [-0.2, 0) is 11.8 Å². The van der Waals surface area contributed by atoms with E-state index in [2.05, 4.69) is 63.8 Å². The molecule has 0 bridgehead atoms. The van der Waals surface area contributed by atoms with Crippen LogP contribution < -0.4 is 0 Å². The van der Waals surface area contributed by atoms with Gasteiger partial charge in [0.15, 0.2) is 0 Å². The van der Waals surface area contributed by atoms with Crippen LogP contribution in [0, 0.1) is 23.2 Å². The van der Waals surface area contributed by atoms with Crippen molar-refractivity contribution < 1.29 is 15.3 Å². The number of aliphatic hydroxyl groups is 3. The first-order valence-electron chi connectivity index (χ1n) is 15.1. The van der Waals surface area contributed by atoms with Crippen LogP contribution in [0.5, 0.6) is 0 Å². The minimum Gasteiger partial charge on any atom is -0.393 e. The van der Waals surface area contributed by atoms with Crippen molar-refractivity contribution in [2.75, 3.05) is 0 Å². The van der Waals surface area contributed by atoms with Gasteiger partial charge in [0, 0.05) is 21.6 Å². The van der Waals surface area contributed by atoms with Crippen LogP contribution in [0.1, 0.15) is 94.7 Å². The minimum atomic E-state index is -0.633. The van der Waals surface area contributed by atoms with Crippen LogP contribution in [-0.4, -0.2) is 33.6 Å². The molecule has 1 aromatic rings. The lowest BCUT2D eigenvalue weighted by Gasteiger charge is -2.44. The van der Waals surface area contributed by atoms with Gasteiger partial charge in [-0.05, 0) is 104 Å². The van der Waals surface area contributed by atoms with Gasteiger partial charge in [-0.1, -0.05) is 63.6 Å². The van der Waals surface area contributed by atoms with Crippen molar-refractivity contribution in [2.45, 2.75) is 115 Å². The Kier molecular flexibility index (Phi) is 8.27. The molecule has 1 heterocycles. The number of thiophene rings is 1. The summed E-state index contributed by atoms with van der Waals surface area (Å²) >= 11 is 1.91. The molecule has 1 aromatic heterocycles. The minimum absolute atomic E-state index is 0.0481. The highest BCUT2D eigenvalue weighted by molar-refractivity contribution is 7.12. The second kappa shape index (κ2) is 11.2. The van der Waals surface area contributed by atoms with Gasteiger partial charge in [0.1, 0.15) is 0 Å². The van der Waals surface area contributed by atoms with Crippen molar-refractivity contribution in [3.05, 3.63) is 69.5 Å². The van der Waals surface area contributed by atoms with Gasteiger partial charge in [-0.15, -0.1) is 11.3 Å². The molecule has 4 aliphatic rings. The summed E-state index contributed by atoms with van der Waals surface area (Å²) in [7, 11) is 0. The zero-order valence-electron chi connectivity index (χ0n) is 23.7. The Bertz CT molecular complexity index is 1100. The van der Waals surface area contributed by atoms with E-state index in [1.807, 2.05) is 11.3 Å². The molecule has 0 aliphatic heterocycles. The van der Waals surface area contributed by atoms with Gasteiger partial charge in [-0.25, -0.2) is 0 Å². The number of fused-ring (bicyclic) bond motifs is 1. The summed E-state index contributed by atoms with van der Waals surface area (Å²) in [5, 5.41) is 31.6. The van der Waals surface area contributed by atoms with Gasteiger partial charge in [-0.2, -0.15) is 0 Å². The zero-order chi connectivity index (χ0) is 27.1. The number of allylic oxidation sites excluding steroid dienone is 4. The summed E-state index contributed by atoms with van der Waals surface area (Å²) in [6, 6.07) is 4.53. The number of hydrogen-bond acceptors (Lipinski definition) is 4. The van der Waals surface area contributed by atoms with Gasteiger partial charge in [-0.3, -0.25) is 0 Å². The summed E-state index contributed by atoms with van der Waals surface area (Å²) in [5.74, 6) is 1.65. The number of aliphatic hydroxyl groups excluding tert-OH is 3. The van der Waals surface area contributed by atoms with E-state index < -0.39 is 18.3 Å². The monoisotopic (exact) mass is 536 g/mol. The lowest BCUT2D eigenvalue weighted by atomic mass is 9.61. The fourth-order valence-corrected chi connectivity index (χ4v) is 9.44. The van der Waals surface area contributed by atoms with E-state index in [9.17, 15) is 15.3 Å². The predicted octanol–water partition coefficient (Wildman–Crippen LogP) is 7.43. The molecule has 38 heavy (non-hydrogen) atoms. The van der Waals surface area contributed by atoms with E-state index in [0.717, 1.165) is 36.8 Å². The Labute approximate surface area is 234 Å². The molecule has 3 nitrogen and oxygen atoms in total. The summed E-state index contributed by atoms with van der Waals surface area (Å²) in [5.41, 5.74) is 3.53. The number of hydrogen-bond donors (Lipinski definition) is 3. The van der Waals surface area contributed by atoms with Gasteiger partial charge >= 0.3 is 0 Å². The maximum Gasteiger partial charge on any atom is 0.0825 e. The average molecular weight is 537 g/mol. The molecular formula is C34H48O3S. The van der Waals surface area contributed by atoms with Crippen LogP contribution in [0.2, 0.25) is 0 Å². The fourth-order valence-electron chi connectivity index (χ4n) is 8.06. The molecule has 3 N–H and O–H groups in total. The Balaban J connectivity index is 1.27. The third-order valence-electron chi connectivity index (χ3n) is 10.5. The quantitative estimate of drug-likeness (QED) is 0.303. The highest BCUT2D eigenvalue weighted by Gasteiger charge is 2.52. The largest absolute Gasteiger partial charge is 0.393 e. The molecule has 7 atom stereocenters. The SMILES string of the molecule is C=C1C(=CC=C2CCC[C@]3(C)[C@@H]([C@H](C)C=C[C@@H](O)C4(c5ccc(CCC)s5)CC4)CC[C@@H]23)C[C@@H](O)C[C@@H]1O. The maximum atomic E-state index is 11.3. The third-order valence-corrected chi connectivity index (χ3v) is 11.9. The molecule has 0 saturated heterocycles. The van der Waals surface area contributed by atoms with Crippen molar-refractivity contribution in [2.24, 2.45) is 23.2 Å². The molecule has 0 radical (unpaired) electrons. The molecule has 4 aliphatic carbocycles. The first-order valence-corrected chi connectivity index (χ1v) is 15.9. The predicted molar refractivity (Wildman–Crippen MR) is 158 cm³/mol. The molecule has 4 saturated carbocycles. The van der Waals surface area contributed by atoms with Gasteiger partial charge < -0.3 is 15.3 Å². The van der Waals surface area contributed by atoms with Crippen LogP contribution >= 0.6 is 11.3 Å². The molecule has 4 heteroatoms. The summed E-state index contributed by atoms with van der Waals surface area (Å²) in [6.45, 7) is 11.2. The molecule has 0 unspecified atom stereocenters. The molecule has 0 aromatic carbocycles. The maximum absolute atomic E-state index is 11.3. The molecule has 0 amide bonds. The normalized spacial score (nSPS) is 36.6. The third kappa shape index (κ3) is 5.31. The van der Waals surface area contributed by atoms with Crippen molar-refractivity contribution in [3.63, 3.8) is 0 Å². The van der Waals surface area contributed by atoms with Gasteiger partial charge in [0.2, 0.25) is 0 Å². The van der Waals surface area contributed by atoms with Crippen molar-refractivity contribution in [3.8, 4) is 0 Å². The van der Waals surface area contributed by atoms with Crippen LogP contribution in [0.4, 0.5) is 0 Å². The standard InChI is InChI=1S/C34H48O3S/c1-5-7-27-12-16-32(38-27)34(18-19-34)31(37)15-9-22(2)28-13-14-29-24(8-6-17-33(28,29)4)10-11-25-20-26(35)21-30(36)23(25)3/h9-12,15-16,22,26,28-31,35-37H,3,5-8,13-14,17-21H2,1-2,4H3/t22-,26-,28-,29+,30+,31-,33-/m1/s1. The smallest absolute Gasteiger partial charge is 0.0825 e. The van der Waals surface area contributed by atoms with E-state index in [1.54, 1.807) is 0 Å². The van der Waals surface area contributed by atoms with E-state index >= 15 is 0 Å². The number of aryl methyl sites for hydroxylation is 1. The first-order chi connectivity index (χ1) is 18.2. The van der Waals surface area contributed by atoms with Crippen molar-refractivity contribution >= 4 is 11.3 Å². The second-order valence-corrected chi connectivity index (χ2v) is 14.2. The summed E-state index contributed by atoms with van der Waals surface area (Å²) < 4.78 is 0. The van der Waals surface area contributed by atoms with E-state index in [0.29, 0.717) is 30.6 Å². The lowest BCUT2D eigenvalue weighted by Crippen LogP contribution is -2.35. The Morgan fingerprint density at radius 2 is 1.92 bits per heavy atom. The van der Waals surface area contributed by atoms with Crippen LogP contribution in [0.15, 0.2) is 59.7 Å². The highest BCUT2D eigenvalue weighted by Crippen LogP contribution is 2.60. The first kappa shape index (κ1) is 28.1. The molecule has 5 rings (SSSR count). The second-order valence-electron chi connectivity index (χ2n) is 13.0. The van der Waals surface area contributed by atoms with Crippen molar-refractivity contribution in [1.82, 2.24) is 0 Å². The van der Waals surface area contributed by atoms with E-state index in [-0.39, 0.29) is 10.8 Å². The van der Waals surface area contributed by atoms with E-state index in [1.165, 1.54) is 47.4 Å². The van der Waals surface area contributed by atoms with Gasteiger partial charge in [0.05, 0.1) is 18.3 Å². The molecule has 0 spiro atoms. The molecular weight excluding hydrogens is 488 g/mol. The Morgan fingerprint density at radius 1 is 1.13 bits per heavy atom. The summed E-state index contributed by atoms with van der Waals surface area (Å²) in [4.78, 5) is 2.82. The number of rotatable bonds is 8. The summed E-state index contributed by atoms with van der Waals surface area (Å²) in [6.07, 6.45) is 18.9. The molecule has 4 fully saturated rings. The fraction of sp³-hybridized carbons (Fsp3) is 0.647. The van der Waals surface area contributed by atoms with Gasteiger partial charge in [0.25, 0.3) is 0 Å².